The number of nitrogens with zero attached hydrogens (tertiary/aromatic N) is 3. The first-order chi connectivity index (χ1) is 10.2. The number of methoxy groups -OCH3 is 1. The largest absolute Gasteiger partial charge is 0.383 e. The van der Waals surface area contributed by atoms with Crippen LogP contribution in [0.1, 0.15) is 24.4 Å². The highest BCUT2D eigenvalue weighted by Gasteiger charge is 2.24. The molecule has 1 N–H and O–H groups in total. The molecule has 0 amide bonds. The molecular formula is C14H18Cl2N4O. The second-order valence-corrected chi connectivity index (χ2v) is 5.27. The van der Waals surface area contributed by atoms with E-state index in [4.69, 9.17) is 27.9 Å². The molecule has 7 heteroatoms. The zero-order valence-electron chi connectivity index (χ0n) is 12.0. The highest BCUT2D eigenvalue weighted by Crippen LogP contribution is 2.30. The van der Waals surface area contributed by atoms with Gasteiger partial charge in [-0.15, -0.1) is 0 Å². The van der Waals surface area contributed by atoms with Crippen LogP contribution in [0.2, 0.25) is 10.0 Å². The standard InChI is InChI=1S/C14H18Cl2N4O/c1-3-17-13(12-10(15)5-4-6-18-12)14-11(16)9-19-20(14)7-8-21-2/h4-6,9,13,17H,3,7-8H2,1-2H3. The maximum Gasteiger partial charge on any atom is 0.0952 e. The Labute approximate surface area is 134 Å². The van der Waals surface area contributed by atoms with E-state index in [1.807, 2.05) is 17.7 Å². The lowest BCUT2D eigenvalue weighted by molar-refractivity contribution is 0.182. The number of nitrogens with one attached hydrogen (secondary N) is 1. The fraction of sp³-hybridized carbons (Fsp3) is 0.429. The SMILES string of the molecule is CCNC(c1ncccc1Cl)c1c(Cl)cnn1CCOC. The Hall–Kier alpha value is -1.14. The number of ether oxygens (including phenoxy) is 1. The number of halogens is 2. The quantitative estimate of drug-likeness (QED) is 0.849. The van der Waals surface area contributed by atoms with Crippen molar-refractivity contribution in [3.05, 3.63) is 46.0 Å². The molecule has 2 heterocycles. The van der Waals surface area contributed by atoms with Gasteiger partial charge in [0.1, 0.15) is 0 Å². The lowest BCUT2D eigenvalue weighted by Gasteiger charge is -2.20. The van der Waals surface area contributed by atoms with Crippen molar-refractivity contribution in [3.63, 3.8) is 0 Å². The van der Waals surface area contributed by atoms with Crippen molar-refractivity contribution >= 4 is 23.2 Å². The van der Waals surface area contributed by atoms with Gasteiger partial charge in [0, 0.05) is 13.3 Å². The zero-order chi connectivity index (χ0) is 15.2. The molecule has 0 aromatic carbocycles. The van der Waals surface area contributed by atoms with Gasteiger partial charge < -0.3 is 10.1 Å². The van der Waals surface area contributed by atoms with E-state index in [1.54, 1.807) is 25.6 Å². The molecule has 0 bridgehead atoms. The topological polar surface area (TPSA) is 52.0 Å². The number of hydrogen-bond acceptors (Lipinski definition) is 4. The lowest BCUT2D eigenvalue weighted by atomic mass is 10.1. The molecule has 0 aliphatic carbocycles. The van der Waals surface area contributed by atoms with Crippen LogP contribution in [0.25, 0.3) is 0 Å². The van der Waals surface area contributed by atoms with Crippen LogP contribution in [-0.2, 0) is 11.3 Å². The predicted molar refractivity (Wildman–Crippen MR) is 83.9 cm³/mol. The van der Waals surface area contributed by atoms with Crippen LogP contribution in [0.5, 0.6) is 0 Å². The van der Waals surface area contributed by atoms with E-state index in [9.17, 15) is 0 Å². The molecule has 5 nitrogen and oxygen atoms in total. The minimum Gasteiger partial charge on any atom is -0.383 e. The molecule has 0 fully saturated rings. The van der Waals surface area contributed by atoms with Crippen molar-refractivity contribution in [1.82, 2.24) is 20.1 Å². The first-order valence-electron chi connectivity index (χ1n) is 6.73. The van der Waals surface area contributed by atoms with Gasteiger partial charge in [0.15, 0.2) is 0 Å². The summed E-state index contributed by atoms with van der Waals surface area (Å²) in [6.07, 6.45) is 3.35. The molecule has 0 spiro atoms. The van der Waals surface area contributed by atoms with E-state index in [0.29, 0.717) is 23.2 Å². The minimum atomic E-state index is -0.212. The molecule has 2 rings (SSSR count). The Morgan fingerprint density at radius 3 is 2.86 bits per heavy atom. The molecule has 0 saturated carbocycles. The van der Waals surface area contributed by atoms with Crippen molar-refractivity contribution < 1.29 is 4.74 Å². The maximum atomic E-state index is 6.32. The van der Waals surface area contributed by atoms with Gasteiger partial charge in [0.25, 0.3) is 0 Å². The molecule has 0 aliphatic rings. The van der Waals surface area contributed by atoms with Gasteiger partial charge in [-0.05, 0) is 18.7 Å². The van der Waals surface area contributed by atoms with Gasteiger partial charge in [0.05, 0.1) is 46.8 Å². The molecule has 0 aliphatic heterocycles. The maximum absolute atomic E-state index is 6.32. The highest BCUT2D eigenvalue weighted by molar-refractivity contribution is 6.32. The number of rotatable bonds is 7. The third kappa shape index (κ3) is 3.74. The van der Waals surface area contributed by atoms with E-state index in [-0.39, 0.29) is 6.04 Å². The lowest BCUT2D eigenvalue weighted by Crippen LogP contribution is -2.27. The number of hydrogen-bond donors (Lipinski definition) is 1. The van der Waals surface area contributed by atoms with Crippen molar-refractivity contribution in [2.75, 3.05) is 20.3 Å². The van der Waals surface area contributed by atoms with Crippen molar-refractivity contribution in [2.24, 2.45) is 0 Å². The second-order valence-electron chi connectivity index (χ2n) is 4.45. The average Bonchev–Trinajstić information content (AvgIpc) is 2.84. The summed E-state index contributed by atoms with van der Waals surface area (Å²) in [4.78, 5) is 4.39. The van der Waals surface area contributed by atoms with Crippen LogP contribution in [0.15, 0.2) is 24.5 Å². The predicted octanol–water partition coefficient (Wildman–Crippen LogP) is 2.93. The van der Waals surface area contributed by atoms with Crippen molar-refractivity contribution in [1.29, 1.82) is 0 Å². The fourth-order valence-corrected chi connectivity index (χ4v) is 2.63. The number of aromatic nitrogens is 3. The Kier molecular flexibility index (Phi) is 5.99. The van der Waals surface area contributed by atoms with Gasteiger partial charge in [-0.2, -0.15) is 5.10 Å². The van der Waals surface area contributed by atoms with Crippen LogP contribution in [0, 0.1) is 0 Å². The van der Waals surface area contributed by atoms with Gasteiger partial charge in [-0.3, -0.25) is 9.67 Å². The molecule has 1 atom stereocenters. The molecule has 21 heavy (non-hydrogen) atoms. The first kappa shape index (κ1) is 16.2. The summed E-state index contributed by atoms with van der Waals surface area (Å²) in [5.41, 5.74) is 1.58. The summed E-state index contributed by atoms with van der Waals surface area (Å²) < 4.78 is 6.94. The van der Waals surface area contributed by atoms with E-state index in [1.165, 1.54) is 0 Å². The average molecular weight is 329 g/mol. The van der Waals surface area contributed by atoms with Crippen molar-refractivity contribution in [2.45, 2.75) is 19.5 Å². The Morgan fingerprint density at radius 2 is 2.19 bits per heavy atom. The molecule has 2 aromatic rings. The summed E-state index contributed by atoms with van der Waals surface area (Å²) >= 11 is 12.6. The molecule has 0 radical (unpaired) electrons. The molecule has 0 saturated heterocycles. The van der Waals surface area contributed by atoms with Gasteiger partial charge in [-0.25, -0.2) is 0 Å². The van der Waals surface area contributed by atoms with Gasteiger partial charge in [-0.1, -0.05) is 30.1 Å². The summed E-state index contributed by atoms with van der Waals surface area (Å²) in [7, 11) is 1.65. The van der Waals surface area contributed by atoms with E-state index >= 15 is 0 Å². The van der Waals surface area contributed by atoms with Crippen molar-refractivity contribution in [3.8, 4) is 0 Å². The van der Waals surface area contributed by atoms with E-state index in [0.717, 1.165) is 17.9 Å². The number of pyridine rings is 1. The van der Waals surface area contributed by atoms with Gasteiger partial charge >= 0.3 is 0 Å². The van der Waals surface area contributed by atoms with E-state index in [2.05, 4.69) is 15.4 Å². The normalized spacial score (nSPS) is 12.6. The van der Waals surface area contributed by atoms with E-state index < -0.39 is 0 Å². The molecule has 1 unspecified atom stereocenters. The highest BCUT2D eigenvalue weighted by atomic mass is 35.5. The van der Waals surface area contributed by atoms with Crippen LogP contribution >= 0.6 is 23.2 Å². The van der Waals surface area contributed by atoms with Crippen LogP contribution in [-0.4, -0.2) is 35.0 Å². The van der Waals surface area contributed by atoms with Crippen LogP contribution < -0.4 is 5.32 Å². The zero-order valence-corrected chi connectivity index (χ0v) is 13.5. The van der Waals surface area contributed by atoms with Crippen LogP contribution in [0.4, 0.5) is 0 Å². The van der Waals surface area contributed by atoms with Crippen LogP contribution in [0.3, 0.4) is 0 Å². The Bertz CT molecular complexity index is 588. The first-order valence-corrected chi connectivity index (χ1v) is 7.48. The molecule has 114 valence electrons. The summed E-state index contributed by atoms with van der Waals surface area (Å²) in [6, 6.07) is 3.41. The third-order valence-corrected chi connectivity index (χ3v) is 3.69. The Morgan fingerprint density at radius 1 is 1.38 bits per heavy atom. The Balaban J connectivity index is 2.43. The van der Waals surface area contributed by atoms with Gasteiger partial charge in [0.2, 0.25) is 0 Å². The fourth-order valence-electron chi connectivity index (χ4n) is 2.15. The summed E-state index contributed by atoms with van der Waals surface area (Å²) in [5.74, 6) is 0. The smallest absolute Gasteiger partial charge is 0.0952 e. The monoisotopic (exact) mass is 328 g/mol. The molecular weight excluding hydrogens is 311 g/mol. The summed E-state index contributed by atoms with van der Waals surface area (Å²) in [5, 5.41) is 8.85. The third-order valence-electron chi connectivity index (χ3n) is 3.08. The minimum absolute atomic E-state index is 0.212. The molecule has 2 aromatic heterocycles. The summed E-state index contributed by atoms with van der Waals surface area (Å²) in [6.45, 7) is 3.95. The second kappa shape index (κ2) is 7.75.